The molecule has 0 spiro atoms. The minimum atomic E-state index is -0.895. The van der Waals surface area contributed by atoms with Crippen molar-refractivity contribution in [3.8, 4) is 23.0 Å². The summed E-state index contributed by atoms with van der Waals surface area (Å²) in [6, 6.07) is 6.16. The average Bonchev–Trinajstić information content (AvgIpc) is 3.90. The molecule has 4 aliphatic rings. The van der Waals surface area contributed by atoms with Gasteiger partial charge in [-0.15, -0.1) is 0 Å². The Morgan fingerprint density at radius 3 is 2.49 bits per heavy atom. The highest BCUT2D eigenvalue weighted by atomic mass is 19.1. The Morgan fingerprint density at radius 2 is 1.81 bits per heavy atom. The van der Waals surface area contributed by atoms with Gasteiger partial charge in [0.05, 0.1) is 43.2 Å². The maximum atomic E-state index is 17.4. The van der Waals surface area contributed by atoms with Crippen LogP contribution in [0, 0.1) is 17.0 Å². The number of carboxylic acids is 1. The summed E-state index contributed by atoms with van der Waals surface area (Å²) < 4.78 is 61.6. The molecule has 5 heterocycles. The lowest BCUT2D eigenvalue weighted by molar-refractivity contribution is -0.142. The third-order valence-electron chi connectivity index (χ3n) is 11.8. The summed E-state index contributed by atoms with van der Waals surface area (Å²) in [4.78, 5) is 45.1. The molecule has 8 rings (SSSR count). The van der Waals surface area contributed by atoms with E-state index in [-0.39, 0.29) is 66.7 Å². The van der Waals surface area contributed by atoms with E-state index >= 15 is 8.78 Å². The summed E-state index contributed by atoms with van der Waals surface area (Å²) in [6.07, 6.45) is 4.50. The van der Waals surface area contributed by atoms with Crippen LogP contribution in [-0.4, -0.2) is 126 Å². The van der Waals surface area contributed by atoms with Gasteiger partial charge in [0, 0.05) is 57.0 Å². The van der Waals surface area contributed by atoms with Crippen LogP contribution in [0.4, 0.5) is 19.4 Å². The van der Waals surface area contributed by atoms with Crippen molar-refractivity contribution in [3.63, 3.8) is 0 Å². The third kappa shape index (κ3) is 8.57. The molecule has 14 nitrogen and oxygen atoms in total. The van der Waals surface area contributed by atoms with Crippen molar-refractivity contribution in [2.24, 2.45) is 5.41 Å². The topological polar surface area (TPSA) is 149 Å². The van der Waals surface area contributed by atoms with Gasteiger partial charge in [0.25, 0.3) is 0 Å². The highest BCUT2D eigenvalue weighted by Crippen LogP contribution is 2.47. The summed E-state index contributed by atoms with van der Waals surface area (Å²) in [5.74, 6) is -1.17. The first-order valence-corrected chi connectivity index (χ1v) is 20.4. The number of carbonyl (C=O) groups is 2. The molecule has 2 aromatic heterocycles. The second-order valence-corrected chi connectivity index (χ2v) is 17.3. The Hall–Kier alpha value is -4.93. The molecule has 316 valence electrons. The van der Waals surface area contributed by atoms with Gasteiger partial charge in [-0.3, -0.25) is 19.6 Å². The van der Waals surface area contributed by atoms with Gasteiger partial charge in [-0.2, -0.15) is 9.97 Å². The first-order valence-electron chi connectivity index (χ1n) is 20.4. The number of ether oxygens (including phenoxy) is 5. The van der Waals surface area contributed by atoms with Crippen molar-refractivity contribution in [2.75, 3.05) is 64.7 Å². The van der Waals surface area contributed by atoms with E-state index in [0.29, 0.717) is 84.6 Å². The lowest BCUT2D eigenvalue weighted by Gasteiger charge is -2.42. The van der Waals surface area contributed by atoms with Gasteiger partial charge in [-0.05, 0) is 87.4 Å². The standard InChI is InChI=1S/C43H52F2N6O8/c1-6-30-33(44)10-7-25-15-28(58-24-55-5)16-31(35(25)30)37-36(45)38-32(18-46-37)39(50-19-26-8-9-27(20-50)51(26)41(54)59-42(2,3)4)48-40(47-38)57-23-43(11-12-43)22-49-13-14-56-29(21-49)17-34(52)53/h7,10,15-16,18,26-27,29H,6,8-9,11-14,17,19-24H2,1-5H3,(H,52,53)/t26?,27?,29-/m1/s1. The number of halogens is 2. The van der Waals surface area contributed by atoms with Crippen LogP contribution in [0.1, 0.15) is 65.4 Å². The largest absolute Gasteiger partial charge is 0.481 e. The molecular weight excluding hydrogens is 767 g/mol. The molecule has 4 aromatic rings. The number of nitrogens with zero attached hydrogens (tertiary/aromatic N) is 6. The number of hydrogen-bond acceptors (Lipinski definition) is 12. The Morgan fingerprint density at radius 1 is 1.05 bits per heavy atom. The van der Waals surface area contributed by atoms with Gasteiger partial charge >= 0.3 is 18.1 Å². The minimum absolute atomic E-state index is 0.00253. The maximum absolute atomic E-state index is 17.4. The number of amides is 1. The SMILES string of the molecule is CCc1c(F)ccc2cc(OCOC)cc(-c3ncc4c(N5CC6CCC(C5)N6C(=O)OC(C)(C)C)nc(OCC5(CN6CCO[C@H](CC(=O)O)C6)CC5)nc4c3F)c12. The van der Waals surface area contributed by atoms with Crippen LogP contribution in [0.3, 0.4) is 0 Å². The van der Waals surface area contributed by atoms with Gasteiger partial charge in [0.2, 0.25) is 0 Å². The third-order valence-corrected chi connectivity index (χ3v) is 11.8. The van der Waals surface area contributed by atoms with Gasteiger partial charge in [-0.25, -0.2) is 13.6 Å². The van der Waals surface area contributed by atoms with E-state index in [2.05, 4.69) is 9.80 Å². The van der Waals surface area contributed by atoms with Crippen LogP contribution >= 0.6 is 0 Å². The average molecular weight is 819 g/mol. The van der Waals surface area contributed by atoms with Crippen LogP contribution < -0.4 is 14.4 Å². The summed E-state index contributed by atoms with van der Waals surface area (Å²) in [7, 11) is 1.50. The molecule has 1 saturated carbocycles. The number of aliphatic carboxylic acids is 1. The Balaban J connectivity index is 1.17. The van der Waals surface area contributed by atoms with Crippen molar-refractivity contribution in [1.29, 1.82) is 0 Å². The second-order valence-electron chi connectivity index (χ2n) is 17.3. The summed E-state index contributed by atoms with van der Waals surface area (Å²) in [6.45, 7) is 10.8. The molecule has 16 heteroatoms. The van der Waals surface area contributed by atoms with E-state index in [4.69, 9.17) is 38.6 Å². The molecule has 1 aliphatic carbocycles. The molecular formula is C43H52F2N6O8. The zero-order valence-corrected chi connectivity index (χ0v) is 34.3. The number of anilines is 1. The summed E-state index contributed by atoms with van der Waals surface area (Å²) >= 11 is 0. The molecule has 2 unspecified atom stereocenters. The number of carboxylic acid groups (broad SMARTS) is 1. The van der Waals surface area contributed by atoms with Crippen LogP contribution in [0.2, 0.25) is 0 Å². The monoisotopic (exact) mass is 818 g/mol. The van der Waals surface area contributed by atoms with Gasteiger partial charge < -0.3 is 33.7 Å². The summed E-state index contributed by atoms with van der Waals surface area (Å²) in [5.41, 5.74) is -0.108. The first kappa shape index (κ1) is 40.8. The Bertz CT molecular complexity index is 2240. The fraction of sp³-hybridized carbons (Fsp3) is 0.558. The number of hydrogen-bond donors (Lipinski definition) is 1. The molecule has 4 fully saturated rings. The number of pyridine rings is 1. The van der Waals surface area contributed by atoms with Crippen molar-refractivity contribution in [1.82, 2.24) is 24.8 Å². The quantitative estimate of drug-likeness (QED) is 0.145. The number of aromatic nitrogens is 3. The van der Waals surface area contributed by atoms with E-state index in [1.807, 2.05) is 32.6 Å². The zero-order chi connectivity index (χ0) is 41.6. The molecule has 59 heavy (non-hydrogen) atoms. The van der Waals surface area contributed by atoms with E-state index < -0.39 is 23.2 Å². The first-order chi connectivity index (χ1) is 28.2. The smallest absolute Gasteiger partial charge is 0.410 e. The predicted octanol–water partition coefficient (Wildman–Crippen LogP) is 6.59. The van der Waals surface area contributed by atoms with Gasteiger partial charge in [-0.1, -0.05) is 13.0 Å². The van der Waals surface area contributed by atoms with Crippen LogP contribution in [0.25, 0.3) is 32.9 Å². The molecule has 3 atom stereocenters. The highest BCUT2D eigenvalue weighted by molar-refractivity contribution is 6.02. The summed E-state index contributed by atoms with van der Waals surface area (Å²) in [5, 5.41) is 10.9. The number of aryl methyl sites for hydroxylation is 1. The number of methoxy groups -OCH3 is 1. The van der Waals surface area contributed by atoms with Crippen molar-refractivity contribution in [3.05, 3.63) is 47.7 Å². The lowest BCUT2D eigenvalue weighted by Crippen LogP contribution is -2.57. The predicted molar refractivity (Wildman–Crippen MR) is 215 cm³/mol. The molecule has 1 amide bonds. The minimum Gasteiger partial charge on any atom is -0.481 e. The fourth-order valence-electron chi connectivity index (χ4n) is 8.89. The molecule has 2 aromatic carbocycles. The molecule has 0 radical (unpaired) electrons. The van der Waals surface area contributed by atoms with Crippen LogP contribution in [0.15, 0.2) is 30.5 Å². The number of rotatable bonds is 13. The van der Waals surface area contributed by atoms with Crippen molar-refractivity contribution >= 4 is 39.6 Å². The van der Waals surface area contributed by atoms with E-state index in [0.717, 1.165) is 25.7 Å². The van der Waals surface area contributed by atoms with Gasteiger partial charge in [0.15, 0.2) is 12.6 Å². The number of piperazine rings is 1. The van der Waals surface area contributed by atoms with Crippen LogP contribution in [-0.2, 0) is 25.4 Å². The molecule has 1 N–H and O–H groups in total. The number of benzene rings is 2. The van der Waals surface area contributed by atoms with E-state index in [1.165, 1.54) is 13.2 Å². The molecule has 3 saturated heterocycles. The number of morpholine rings is 1. The highest BCUT2D eigenvalue weighted by Gasteiger charge is 2.47. The Kier molecular flexibility index (Phi) is 11.3. The number of fused-ring (bicyclic) bond motifs is 4. The van der Waals surface area contributed by atoms with Crippen LogP contribution in [0.5, 0.6) is 11.8 Å². The Labute approximate surface area is 341 Å². The fourth-order valence-corrected chi connectivity index (χ4v) is 8.89. The normalized spacial score (nSPS) is 21.6. The zero-order valence-electron chi connectivity index (χ0n) is 34.3. The molecule has 2 bridgehead atoms. The lowest BCUT2D eigenvalue weighted by atomic mass is 9.94. The van der Waals surface area contributed by atoms with E-state index in [9.17, 15) is 14.7 Å². The maximum Gasteiger partial charge on any atom is 0.410 e. The van der Waals surface area contributed by atoms with Gasteiger partial charge in [0.1, 0.15) is 34.2 Å². The van der Waals surface area contributed by atoms with Crippen molar-refractivity contribution < 1.29 is 47.2 Å². The van der Waals surface area contributed by atoms with E-state index in [1.54, 1.807) is 24.4 Å². The molecule has 3 aliphatic heterocycles. The second kappa shape index (κ2) is 16.3. The van der Waals surface area contributed by atoms with Crippen molar-refractivity contribution in [2.45, 2.75) is 90.0 Å². The number of carbonyl (C=O) groups excluding carboxylic acids is 1.